The van der Waals surface area contributed by atoms with Crippen LogP contribution < -0.4 is 4.74 Å². The van der Waals surface area contributed by atoms with Gasteiger partial charge in [-0.1, -0.05) is 35.8 Å². The van der Waals surface area contributed by atoms with Gasteiger partial charge in [-0.3, -0.25) is 0 Å². The van der Waals surface area contributed by atoms with Crippen LogP contribution in [0.1, 0.15) is 43.4 Å². The highest BCUT2D eigenvalue weighted by Gasteiger charge is 2.16. The minimum absolute atomic E-state index is 0.573. The van der Waals surface area contributed by atoms with E-state index in [0.717, 1.165) is 17.7 Å². The Morgan fingerprint density at radius 1 is 1.18 bits per heavy atom. The molecule has 0 amide bonds. The van der Waals surface area contributed by atoms with Crippen LogP contribution >= 0.6 is 15.9 Å². The van der Waals surface area contributed by atoms with E-state index >= 15 is 0 Å². The summed E-state index contributed by atoms with van der Waals surface area (Å²) in [6, 6.07) is 4.45. The van der Waals surface area contributed by atoms with Crippen molar-refractivity contribution in [3.8, 4) is 5.75 Å². The molecule has 0 N–H and O–H groups in total. The topological polar surface area (TPSA) is 9.23 Å². The fourth-order valence-electron chi connectivity index (χ4n) is 2.05. The van der Waals surface area contributed by atoms with Gasteiger partial charge in [-0.05, 0) is 55.4 Å². The van der Waals surface area contributed by atoms with Crippen molar-refractivity contribution in [2.24, 2.45) is 5.92 Å². The second-order valence-electron chi connectivity index (χ2n) is 4.83. The van der Waals surface area contributed by atoms with Gasteiger partial charge in [0.1, 0.15) is 5.75 Å². The lowest BCUT2D eigenvalue weighted by Gasteiger charge is -2.22. The molecule has 2 heteroatoms. The minimum atomic E-state index is 0.573. The van der Waals surface area contributed by atoms with Crippen LogP contribution in [0.2, 0.25) is 0 Å². The summed E-state index contributed by atoms with van der Waals surface area (Å²) in [6.07, 6.45) is 0. The molecule has 1 rings (SSSR count). The number of hydrogen-bond donors (Lipinski definition) is 0. The molecular formula is C15H23BrO. The lowest BCUT2D eigenvalue weighted by molar-refractivity contribution is 0.337. The Balaban J connectivity index is 3.06. The smallest absolute Gasteiger partial charge is 0.122 e. The van der Waals surface area contributed by atoms with Crippen LogP contribution in [0.15, 0.2) is 12.1 Å². The fraction of sp³-hybridized carbons (Fsp3) is 0.600. The summed E-state index contributed by atoms with van der Waals surface area (Å²) in [4.78, 5) is 0. The molecule has 0 aliphatic carbocycles. The molecule has 0 radical (unpaired) electrons. The number of benzene rings is 1. The maximum absolute atomic E-state index is 5.63. The van der Waals surface area contributed by atoms with Gasteiger partial charge >= 0.3 is 0 Å². The van der Waals surface area contributed by atoms with Gasteiger partial charge in [0.05, 0.1) is 6.61 Å². The van der Waals surface area contributed by atoms with E-state index in [1.807, 2.05) is 6.92 Å². The lowest BCUT2D eigenvalue weighted by atomic mass is 9.86. The van der Waals surface area contributed by atoms with Crippen molar-refractivity contribution in [2.45, 2.75) is 40.5 Å². The SMILES string of the molecule is CCOc1cc(C)c(C(C)C(C)CBr)cc1C. The first kappa shape index (κ1) is 14.6. The van der Waals surface area contributed by atoms with Crippen molar-refractivity contribution < 1.29 is 4.74 Å². The maximum atomic E-state index is 5.63. The molecule has 0 saturated carbocycles. The first-order valence-electron chi connectivity index (χ1n) is 6.31. The van der Waals surface area contributed by atoms with Crippen molar-refractivity contribution in [3.63, 3.8) is 0 Å². The highest BCUT2D eigenvalue weighted by molar-refractivity contribution is 9.09. The molecule has 0 aliphatic rings. The van der Waals surface area contributed by atoms with E-state index in [1.165, 1.54) is 16.7 Å². The molecule has 96 valence electrons. The first-order chi connectivity index (χ1) is 8.01. The summed E-state index contributed by atoms with van der Waals surface area (Å²) in [5.41, 5.74) is 4.01. The zero-order chi connectivity index (χ0) is 13.0. The van der Waals surface area contributed by atoms with Gasteiger partial charge < -0.3 is 4.74 Å². The zero-order valence-corrected chi connectivity index (χ0v) is 13.1. The van der Waals surface area contributed by atoms with Crippen LogP contribution in [0, 0.1) is 19.8 Å². The van der Waals surface area contributed by atoms with Crippen LogP contribution in [-0.2, 0) is 0 Å². The number of aryl methyl sites for hydroxylation is 2. The normalized spacial score (nSPS) is 14.5. The molecule has 0 saturated heterocycles. The Hall–Kier alpha value is -0.500. The number of rotatable bonds is 5. The second kappa shape index (κ2) is 6.44. The van der Waals surface area contributed by atoms with Gasteiger partial charge in [0.15, 0.2) is 0 Å². The third kappa shape index (κ3) is 3.48. The number of alkyl halides is 1. The average molecular weight is 299 g/mol. The van der Waals surface area contributed by atoms with Crippen molar-refractivity contribution in [2.75, 3.05) is 11.9 Å². The molecule has 0 aromatic heterocycles. The van der Waals surface area contributed by atoms with Crippen LogP contribution in [0.3, 0.4) is 0 Å². The Morgan fingerprint density at radius 2 is 1.82 bits per heavy atom. The Bertz CT molecular complexity index is 373. The second-order valence-corrected chi connectivity index (χ2v) is 5.48. The summed E-state index contributed by atoms with van der Waals surface area (Å²) in [6.45, 7) is 11.6. The van der Waals surface area contributed by atoms with E-state index in [1.54, 1.807) is 0 Å². The van der Waals surface area contributed by atoms with E-state index in [2.05, 4.69) is 55.8 Å². The number of ether oxygens (including phenoxy) is 1. The van der Waals surface area contributed by atoms with Gasteiger partial charge in [0.25, 0.3) is 0 Å². The molecule has 0 spiro atoms. The van der Waals surface area contributed by atoms with E-state index in [0.29, 0.717) is 11.8 Å². The summed E-state index contributed by atoms with van der Waals surface area (Å²) >= 11 is 3.57. The van der Waals surface area contributed by atoms with E-state index in [4.69, 9.17) is 4.74 Å². The van der Waals surface area contributed by atoms with Gasteiger partial charge in [-0.25, -0.2) is 0 Å². The number of halogens is 1. The van der Waals surface area contributed by atoms with Gasteiger partial charge in [-0.2, -0.15) is 0 Å². The van der Waals surface area contributed by atoms with Crippen molar-refractivity contribution in [3.05, 3.63) is 28.8 Å². The monoisotopic (exact) mass is 298 g/mol. The Morgan fingerprint density at radius 3 is 2.35 bits per heavy atom. The number of hydrogen-bond acceptors (Lipinski definition) is 1. The summed E-state index contributed by atoms with van der Waals surface area (Å²) in [5, 5.41) is 1.04. The zero-order valence-electron chi connectivity index (χ0n) is 11.5. The lowest BCUT2D eigenvalue weighted by Crippen LogP contribution is -2.09. The summed E-state index contributed by atoms with van der Waals surface area (Å²) in [5.74, 6) is 2.24. The average Bonchev–Trinajstić information content (AvgIpc) is 2.31. The molecule has 1 aromatic rings. The molecule has 1 nitrogen and oxygen atoms in total. The molecule has 0 fully saturated rings. The molecule has 2 atom stereocenters. The molecule has 0 heterocycles. The minimum Gasteiger partial charge on any atom is -0.494 e. The molecule has 1 aromatic carbocycles. The van der Waals surface area contributed by atoms with Gasteiger partial charge in [0.2, 0.25) is 0 Å². The molecule has 2 unspecified atom stereocenters. The summed E-state index contributed by atoms with van der Waals surface area (Å²) < 4.78 is 5.63. The van der Waals surface area contributed by atoms with Crippen LogP contribution in [0.25, 0.3) is 0 Å². The molecule has 0 bridgehead atoms. The predicted octanol–water partition coefficient (Wildman–Crippen LogP) is 4.84. The van der Waals surface area contributed by atoms with E-state index in [9.17, 15) is 0 Å². The Labute approximate surface area is 114 Å². The van der Waals surface area contributed by atoms with Crippen molar-refractivity contribution >= 4 is 15.9 Å². The predicted molar refractivity (Wildman–Crippen MR) is 78.5 cm³/mol. The third-order valence-electron chi connectivity index (χ3n) is 3.45. The highest BCUT2D eigenvalue weighted by atomic mass is 79.9. The van der Waals surface area contributed by atoms with E-state index in [-0.39, 0.29) is 0 Å². The Kier molecular flexibility index (Phi) is 5.51. The molecule has 17 heavy (non-hydrogen) atoms. The molecule has 0 aliphatic heterocycles. The molecular weight excluding hydrogens is 276 g/mol. The van der Waals surface area contributed by atoms with Crippen LogP contribution in [0.5, 0.6) is 5.75 Å². The standard InChI is InChI=1S/C15H23BrO/c1-6-17-15-8-10(2)14(7-11(15)3)13(5)12(4)9-16/h7-8,12-13H,6,9H2,1-5H3. The quantitative estimate of drug-likeness (QED) is 0.707. The largest absolute Gasteiger partial charge is 0.494 e. The van der Waals surface area contributed by atoms with Crippen molar-refractivity contribution in [1.82, 2.24) is 0 Å². The first-order valence-corrected chi connectivity index (χ1v) is 7.43. The summed E-state index contributed by atoms with van der Waals surface area (Å²) in [7, 11) is 0. The van der Waals surface area contributed by atoms with Gasteiger partial charge in [0, 0.05) is 5.33 Å². The third-order valence-corrected chi connectivity index (χ3v) is 4.47. The van der Waals surface area contributed by atoms with Gasteiger partial charge in [-0.15, -0.1) is 0 Å². The van der Waals surface area contributed by atoms with Crippen molar-refractivity contribution in [1.29, 1.82) is 0 Å². The maximum Gasteiger partial charge on any atom is 0.122 e. The highest BCUT2D eigenvalue weighted by Crippen LogP contribution is 2.32. The van der Waals surface area contributed by atoms with E-state index < -0.39 is 0 Å². The van der Waals surface area contributed by atoms with Crippen LogP contribution in [0.4, 0.5) is 0 Å². The fourth-order valence-corrected chi connectivity index (χ4v) is 2.61. The van der Waals surface area contributed by atoms with Crippen LogP contribution in [-0.4, -0.2) is 11.9 Å².